The Morgan fingerprint density at radius 3 is 2.24 bits per heavy atom. The third-order valence-electron chi connectivity index (χ3n) is 5.78. The number of rotatable bonds is 11. The number of ether oxygens (including phenoxy) is 2. The van der Waals surface area contributed by atoms with Gasteiger partial charge in [-0.25, -0.2) is 4.39 Å². The first-order valence-corrected chi connectivity index (χ1v) is 11.4. The quantitative estimate of drug-likeness (QED) is 0.314. The van der Waals surface area contributed by atoms with E-state index in [1.165, 1.54) is 13.2 Å². The minimum Gasteiger partial charge on any atom is -0.494 e. The second kappa shape index (κ2) is 12.2. The molecule has 5 heteroatoms. The Kier molecular flexibility index (Phi) is 9.02. The van der Waals surface area contributed by atoms with Crippen LogP contribution >= 0.6 is 0 Å². The highest BCUT2D eigenvalue weighted by molar-refractivity contribution is 5.70. The van der Waals surface area contributed by atoms with E-state index < -0.39 is 5.82 Å². The fourth-order valence-electron chi connectivity index (χ4n) is 3.98. The lowest BCUT2D eigenvalue weighted by molar-refractivity contribution is -0.145. The fraction of sp³-hybridized carbons (Fsp3) is 0.321. The van der Waals surface area contributed by atoms with Crippen molar-refractivity contribution in [3.05, 3.63) is 101 Å². The van der Waals surface area contributed by atoms with Crippen LogP contribution in [0.4, 0.5) is 4.39 Å². The third-order valence-corrected chi connectivity index (χ3v) is 5.78. The molecule has 0 bridgehead atoms. The smallest absolute Gasteiger partial charge is 0.307 e. The molecule has 0 saturated carbocycles. The molecule has 3 aromatic carbocycles. The predicted octanol–water partition coefficient (Wildman–Crippen LogP) is 6.48. The molecule has 0 heterocycles. The lowest BCUT2D eigenvalue weighted by atomic mass is 9.96. The Morgan fingerprint density at radius 1 is 0.970 bits per heavy atom. The molecule has 174 valence electrons. The maximum atomic E-state index is 14.7. The topological polar surface area (TPSA) is 38.8 Å². The molecule has 0 aromatic heterocycles. The van der Waals surface area contributed by atoms with Gasteiger partial charge < -0.3 is 9.47 Å². The number of hydrogen-bond donors (Lipinski definition) is 0. The van der Waals surface area contributed by atoms with Crippen LogP contribution in [0.3, 0.4) is 0 Å². The lowest BCUT2D eigenvalue weighted by Crippen LogP contribution is -2.33. The highest BCUT2D eigenvalue weighted by Crippen LogP contribution is 2.36. The number of halogens is 1. The number of carbonyl (C=O) groups is 1. The van der Waals surface area contributed by atoms with Gasteiger partial charge in [0, 0.05) is 18.6 Å². The van der Waals surface area contributed by atoms with Gasteiger partial charge in [0.2, 0.25) is 0 Å². The molecule has 0 aliphatic heterocycles. The minimum atomic E-state index is -0.450. The van der Waals surface area contributed by atoms with Gasteiger partial charge in [-0.2, -0.15) is 0 Å². The van der Waals surface area contributed by atoms with Crippen molar-refractivity contribution >= 4 is 5.97 Å². The molecule has 0 fully saturated rings. The summed E-state index contributed by atoms with van der Waals surface area (Å²) in [5.74, 6) is -0.567. The zero-order valence-electron chi connectivity index (χ0n) is 19.5. The van der Waals surface area contributed by atoms with Crippen LogP contribution in [0, 0.1) is 5.82 Å². The van der Waals surface area contributed by atoms with Crippen LogP contribution in [0.1, 0.15) is 55.5 Å². The van der Waals surface area contributed by atoms with E-state index >= 15 is 0 Å². The van der Waals surface area contributed by atoms with Crippen LogP contribution in [-0.2, 0) is 16.1 Å². The van der Waals surface area contributed by atoms with Crippen LogP contribution in [-0.4, -0.2) is 24.6 Å². The van der Waals surface area contributed by atoms with Crippen molar-refractivity contribution in [3.8, 4) is 5.75 Å². The van der Waals surface area contributed by atoms with Crippen LogP contribution in [0.25, 0.3) is 0 Å². The van der Waals surface area contributed by atoms with E-state index in [9.17, 15) is 9.18 Å². The number of carbonyl (C=O) groups excluding carboxylic acids is 1. The normalized spacial score (nSPS) is 12.9. The van der Waals surface area contributed by atoms with E-state index in [-0.39, 0.29) is 30.2 Å². The highest BCUT2D eigenvalue weighted by Gasteiger charge is 2.29. The molecule has 3 rings (SSSR count). The van der Waals surface area contributed by atoms with Crippen molar-refractivity contribution in [2.24, 2.45) is 0 Å². The number of hydrogen-bond acceptors (Lipinski definition) is 4. The van der Waals surface area contributed by atoms with Crippen molar-refractivity contribution in [3.63, 3.8) is 0 Å². The highest BCUT2D eigenvalue weighted by atomic mass is 19.1. The first-order chi connectivity index (χ1) is 16.0. The molecular formula is C28H32FNO3. The molecule has 2 atom stereocenters. The molecule has 0 amide bonds. The first-order valence-electron chi connectivity index (χ1n) is 11.4. The monoisotopic (exact) mass is 449 g/mol. The zero-order valence-corrected chi connectivity index (χ0v) is 19.5. The van der Waals surface area contributed by atoms with Crippen molar-refractivity contribution < 1.29 is 18.7 Å². The predicted molar refractivity (Wildman–Crippen MR) is 128 cm³/mol. The van der Waals surface area contributed by atoms with Crippen molar-refractivity contribution in [2.75, 3.05) is 13.7 Å². The molecule has 4 nitrogen and oxygen atoms in total. The van der Waals surface area contributed by atoms with Crippen LogP contribution in [0.15, 0.2) is 78.9 Å². The van der Waals surface area contributed by atoms with E-state index in [2.05, 4.69) is 36.1 Å². The van der Waals surface area contributed by atoms with Gasteiger partial charge in [-0.1, -0.05) is 73.7 Å². The molecule has 33 heavy (non-hydrogen) atoms. The van der Waals surface area contributed by atoms with E-state index in [1.807, 2.05) is 49.4 Å². The van der Waals surface area contributed by atoms with E-state index in [1.54, 1.807) is 6.07 Å². The van der Waals surface area contributed by atoms with Crippen molar-refractivity contribution in [1.29, 1.82) is 0 Å². The van der Waals surface area contributed by atoms with E-state index in [0.29, 0.717) is 18.7 Å². The van der Waals surface area contributed by atoms with Gasteiger partial charge in [0.05, 0.1) is 20.1 Å². The van der Waals surface area contributed by atoms with Gasteiger partial charge in [-0.3, -0.25) is 9.69 Å². The molecular weight excluding hydrogens is 417 g/mol. The Balaban J connectivity index is 2.04. The summed E-state index contributed by atoms with van der Waals surface area (Å²) < 4.78 is 25.2. The largest absolute Gasteiger partial charge is 0.494 e. The molecule has 0 saturated heterocycles. The lowest BCUT2D eigenvalue weighted by Gasteiger charge is -2.37. The Hall–Kier alpha value is -3.18. The van der Waals surface area contributed by atoms with E-state index in [4.69, 9.17) is 9.47 Å². The standard InChI is InChI=1S/C28H32FNO3/c1-4-17-33-28(31)19-26(24-15-16-27(32-3)25(29)18-24)30(20-22-11-7-5-8-12-22)21(2)23-13-9-6-10-14-23/h5-16,18,21,26H,4,17,19-20H2,1-3H3/t21?,26-/m0/s1. The molecule has 1 unspecified atom stereocenters. The minimum absolute atomic E-state index is 0.0273. The summed E-state index contributed by atoms with van der Waals surface area (Å²) in [4.78, 5) is 15.0. The van der Waals surface area contributed by atoms with Crippen molar-refractivity contribution in [2.45, 2.75) is 45.3 Å². The summed E-state index contributed by atoms with van der Waals surface area (Å²) >= 11 is 0. The van der Waals surface area contributed by atoms with Gasteiger partial charge in [0.25, 0.3) is 0 Å². The molecule has 0 spiro atoms. The number of methoxy groups -OCH3 is 1. The van der Waals surface area contributed by atoms with Crippen LogP contribution < -0.4 is 4.74 Å². The maximum absolute atomic E-state index is 14.7. The fourth-order valence-corrected chi connectivity index (χ4v) is 3.98. The molecule has 0 aliphatic rings. The summed E-state index contributed by atoms with van der Waals surface area (Å²) in [6.45, 7) is 5.04. The summed E-state index contributed by atoms with van der Waals surface area (Å²) in [5, 5.41) is 0. The SMILES string of the molecule is CCCOC(=O)C[C@@H](c1ccc(OC)c(F)c1)N(Cc1ccccc1)C(C)c1ccccc1. The van der Waals surface area contributed by atoms with Gasteiger partial charge in [0.15, 0.2) is 11.6 Å². The number of benzene rings is 3. The van der Waals surface area contributed by atoms with Gasteiger partial charge in [0.1, 0.15) is 0 Å². The average molecular weight is 450 g/mol. The Bertz CT molecular complexity index is 1010. The van der Waals surface area contributed by atoms with Crippen LogP contribution in [0.2, 0.25) is 0 Å². The summed E-state index contributed by atoms with van der Waals surface area (Å²) in [6, 6.07) is 24.7. The van der Waals surface area contributed by atoms with Crippen molar-refractivity contribution in [1.82, 2.24) is 4.90 Å². The van der Waals surface area contributed by atoms with Gasteiger partial charge in [-0.15, -0.1) is 0 Å². The summed E-state index contributed by atoms with van der Waals surface area (Å²) in [5.41, 5.74) is 2.94. The number of esters is 1. The second-order valence-electron chi connectivity index (χ2n) is 8.08. The molecule has 0 aliphatic carbocycles. The third kappa shape index (κ3) is 6.65. The maximum Gasteiger partial charge on any atom is 0.307 e. The van der Waals surface area contributed by atoms with Crippen LogP contribution in [0.5, 0.6) is 5.75 Å². The second-order valence-corrected chi connectivity index (χ2v) is 8.08. The molecule has 0 N–H and O–H groups in total. The first kappa shape index (κ1) is 24.5. The Morgan fingerprint density at radius 2 is 1.64 bits per heavy atom. The molecule has 3 aromatic rings. The number of nitrogens with zero attached hydrogens (tertiary/aromatic N) is 1. The van der Waals surface area contributed by atoms with Gasteiger partial charge >= 0.3 is 5.97 Å². The Labute approximate surface area is 196 Å². The zero-order chi connectivity index (χ0) is 23.6. The summed E-state index contributed by atoms with van der Waals surface area (Å²) in [7, 11) is 1.44. The van der Waals surface area contributed by atoms with Gasteiger partial charge in [-0.05, 0) is 42.2 Å². The average Bonchev–Trinajstić information content (AvgIpc) is 2.85. The molecule has 0 radical (unpaired) electrons. The summed E-state index contributed by atoms with van der Waals surface area (Å²) in [6.07, 6.45) is 0.873. The van der Waals surface area contributed by atoms with E-state index in [0.717, 1.165) is 17.5 Å².